The van der Waals surface area contributed by atoms with Crippen LogP contribution in [0.4, 0.5) is 0 Å². The van der Waals surface area contributed by atoms with E-state index in [1.807, 2.05) is 4.90 Å². The average molecular weight is 123 g/mol. The number of nitrogens with zero attached hydrogens (tertiary/aromatic N) is 1. The number of amides is 1. The summed E-state index contributed by atoms with van der Waals surface area (Å²) in [6.45, 7) is 2.92. The number of carbonyl (C=O) groups excluding carboxylic acids is 1. The lowest BCUT2D eigenvalue weighted by atomic mass is 9.89. The Morgan fingerprint density at radius 1 is 1.78 bits per heavy atom. The predicted octanol–water partition coefficient (Wildman–Crippen LogP) is 0.547. The third kappa shape index (κ3) is 0.435. The fraction of sp³-hybridized carbons (Fsp3) is 0.571. The summed E-state index contributed by atoms with van der Waals surface area (Å²) in [5.74, 6) is 0.294. The molecule has 0 N–H and O–H groups in total. The van der Waals surface area contributed by atoms with Crippen LogP contribution in [0.2, 0.25) is 0 Å². The topological polar surface area (TPSA) is 20.3 Å². The molecule has 1 amide bonds. The monoisotopic (exact) mass is 123 g/mol. The molecule has 2 heteroatoms. The van der Waals surface area contributed by atoms with E-state index in [1.165, 1.54) is 0 Å². The molecule has 1 fully saturated rings. The molecule has 0 aromatic heterocycles. The summed E-state index contributed by atoms with van der Waals surface area (Å²) in [6.07, 6.45) is 4.89. The molecule has 2 aliphatic rings. The average Bonchev–Trinajstić information content (AvgIpc) is 2.06. The van der Waals surface area contributed by atoms with Crippen LogP contribution < -0.4 is 0 Å². The first-order chi connectivity index (χ1) is 4.22. The van der Waals surface area contributed by atoms with E-state index in [2.05, 4.69) is 19.1 Å². The lowest BCUT2D eigenvalue weighted by molar-refractivity contribution is -0.148. The molecule has 2 rings (SSSR count). The van der Waals surface area contributed by atoms with Gasteiger partial charge in [0.1, 0.15) is 0 Å². The third-order valence-electron chi connectivity index (χ3n) is 2.19. The number of β-lactam (4-membered cyclic amide) rings is 1. The van der Waals surface area contributed by atoms with Crippen molar-refractivity contribution in [3.8, 4) is 0 Å². The lowest BCUT2D eigenvalue weighted by Crippen LogP contribution is -2.57. The van der Waals surface area contributed by atoms with Crippen molar-refractivity contribution in [3.05, 3.63) is 12.2 Å². The van der Waals surface area contributed by atoms with Crippen LogP contribution in [0.15, 0.2) is 12.2 Å². The maximum atomic E-state index is 10.8. The maximum absolute atomic E-state index is 10.8. The molecule has 0 radical (unpaired) electrons. The van der Waals surface area contributed by atoms with Crippen molar-refractivity contribution >= 4 is 5.91 Å². The predicted molar refractivity (Wildman–Crippen MR) is 33.9 cm³/mol. The quantitative estimate of drug-likeness (QED) is 0.340. The fourth-order valence-corrected chi connectivity index (χ4v) is 1.56. The second-order valence-electron chi connectivity index (χ2n) is 2.94. The summed E-state index contributed by atoms with van der Waals surface area (Å²) in [4.78, 5) is 12.7. The highest BCUT2D eigenvalue weighted by Gasteiger charge is 2.46. The van der Waals surface area contributed by atoms with Gasteiger partial charge in [0.05, 0.1) is 12.0 Å². The smallest absolute Gasteiger partial charge is 0.226 e. The molecule has 0 bridgehead atoms. The van der Waals surface area contributed by atoms with Gasteiger partial charge in [-0.2, -0.15) is 0 Å². The summed E-state index contributed by atoms with van der Waals surface area (Å²) in [6, 6.07) is 0. The highest BCUT2D eigenvalue weighted by Crippen LogP contribution is 2.35. The van der Waals surface area contributed by atoms with Crippen LogP contribution in [0.5, 0.6) is 0 Å². The van der Waals surface area contributed by atoms with E-state index in [0.717, 1.165) is 6.54 Å². The van der Waals surface area contributed by atoms with Gasteiger partial charge in [-0.15, -0.1) is 0 Å². The number of fused-ring (bicyclic) bond motifs is 1. The number of hydrogen-bond donors (Lipinski definition) is 0. The molecule has 2 aliphatic heterocycles. The second-order valence-corrected chi connectivity index (χ2v) is 2.94. The van der Waals surface area contributed by atoms with E-state index in [9.17, 15) is 4.79 Å². The van der Waals surface area contributed by atoms with Crippen LogP contribution >= 0.6 is 0 Å². The molecule has 48 valence electrons. The zero-order valence-corrected chi connectivity index (χ0v) is 5.42. The van der Waals surface area contributed by atoms with E-state index < -0.39 is 0 Å². The molecule has 0 aromatic carbocycles. The van der Waals surface area contributed by atoms with Crippen LogP contribution in [-0.2, 0) is 4.79 Å². The van der Waals surface area contributed by atoms with Gasteiger partial charge in [-0.05, 0) is 6.92 Å². The maximum Gasteiger partial charge on any atom is 0.226 e. The SMILES string of the molecule is CC12C=CCN1C(=O)C2. The Morgan fingerprint density at radius 3 is 3.00 bits per heavy atom. The van der Waals surface area contributed by atoms with Gasteiger partial charge in [-0.1, -0.05) is 12.2 Å². The van der Waals surface area contributed by atoms with Gasteiger partial charge in [-0.25, -0.2) is 0 Å². The summed E-state index contributed by atoms with van der Waals surface area (Å²) in [5, 5.41) is 0. The standard InChI is InChI=1S/C7H9NO/c1-7-3-2-4-8(7)6(9)5-7/h2-3H,4-5H2,1H3. The summed E-state index contributed by atoms with van der Waals surface area (Å²) in [5.41, 5.74) is 0.108. The second kappa shape index (κ2) is 1.20. The van der Waals surface area contributed by atoms with Crippen molar-refractivity contribution < 1.29 is 4.79 Å². The first-order valence-electron chi connectivity index (χ1n) is 3.20. The third-order valence-corrected chi connectivity index (χ3v) is 2.19. The Morgan fingerprint density at radius 2 is 2.56 bits per heavy atom. The molecular formula is C7H9NO. The zero-order valence-electron chi connectivity index (χ0n) is 5.42. The van der Waals surface area contributed by atoms with Gasteiger partial charge in [0, 0.05) is 6.54 Å². The summed E-state index contributed by atoms with van der Waals surface area (Å²) >= 11 is 0. The lowest BCUT2D eigenvalue weighted by Gasteiger charge is -2.44. The molecule has 1 unspecified atom stereocenters. The van der Waals surface area contributed by atoms with Gasteiger partial charge >= 0.3 is 0 Å². The van der Waals surface area contributed by atoms with Crippen molar-refractivity contribution in [1.82, 2.24) is 4.90 Å². The Hall–Kier alpha value is -0.790. The molecule has 1 saturated heterocycles. The Kier molecular flexibility index (Phi) is 0.672. The first kappa shape index (κ1) is 5.03. The number of rotatable bonds is 0. The summed E-state index contributed by atoms with van der Waals surface area (Å²) < 4.78 is 0. The minimum atomic E-state index is 0.108. The fourth-order valence-electron chi connectivity index (χ4n) is 1.56. The van der Waals surface area contributed by atoms with Crippen molar-refractivity contribution in [2.75, 3.05) is 6.54 Å². The van der Waals surface area contributed by atoms with Crippen molar-refractivity contribution in [2.45, 2.75) is 18.9 Å². The van der Waals surface area contributed by atoms with Crippen LogP contribution in [0.25, 0.3) is 0 Å². The van der Waals surface area contributed by atoms with E-state index in [4.69, 9.17) is 0 Å². The van der Waals surface area contributed by atoms with E-state index >= 15 is 0 Å². The van der Waals surface area contributed by atoms with Crippen molar-refractivity contribution in [3.63, 3.8) is 0 Å². The molecule has 2 nitrogen and oxygen atoms in total. The Labute approximate surface area is 54.1 Å². The minimum Gasteiger partial charge on any atom is -0.330 e. The van der Waals surface area contributed by atoms with Crippen LogP contribution in [0.3, 0.4) is 0 Å². The molecule has 2 heterocycles. The zero-order chi connectivity index (χ0) is 6.48. The van der Waals surface area contributed by atoms with Gasteiger partial charge < -0.3 is 4.90 Å². The van der Waals surface area contributed by atoms with Gasteiger partial charge in [0.25, 0.3) is 0 Å². The molecule has 0 aliphatic carbocycles. The van der Waals surface area contributed by atoms with Gasteiger partial charge in [0.2, 0.25) is 5.91 Å². The van der Waals surface area contributed by atoms with Crippen molar-refractivity contribution in [2.24, 2.45) is 0 Å². The highest BCUT2D eigenvalue weighted by molar-refractivity contribution is 5.86. The number of hydrogen-bond acceptors (Lipinski definition) is 1. The van der Waals surface area contributed by atoms with E-state index in [1.54, 1.807) is 0 Å². The number of carbonyl (C=O) groups is 1. The Bertz CT molecular complexity index is 197. The highest BCUT2D eigenvalue weighted by atomic mass is 16.2. The molecule has 0 spiro atoms. The van der Waals surface area contributed by atoms with Crippen LogP contribution in [0.1, 0.15) is 13.3 Å². The van der Waals surface area contributed by atoms with Crippen LogP contribution in [-0.4, -0.2) is 22.9 Å². The normalized spacial score (nSPS) is 38.8. The molecular weight excluding hydrogens is 114 g/mol. The molecule has 0 saturated carbocycles. The molecule has 9 heavy (non-hydrogen) atoms. The van der Waals surface area contributed by atoms with Crippen LogP contribution in [0, 0.1) is 0 Å². The molecule has 1 atom stereocenters. The summed E-state index contributed by atoms with van der Waals surface area (Å²) in [7, 11) is 0. The van der Waals surface area contributed by atoms with Gasteiger partial charge in [-0.3, -0.25) is 4.79 Å². The minimum absolute atomic E-state index is 0.108. The van der Waals surface area contributed by atoms with Crippen molar-refractivity contribution in [1.29, 1.82) is 0 Å². The largest absolute Gasteiger partial charge is 0.330 e. The van der Waals surface area contributed by atoms with Gasteiger partial charge in [0.15, 0.2) is 0 Å². The Balaban J connectivity index is 2.29. The van der Waals surface area contributed by atoms with E-state index in [-0.39, 0.29) is 5.54 Å². The first-order valence-corrected chi connectivity index (χ1v) is 3.20. The van der Waals surface area contributed by atoms with E-state index in [0.29, 0.717) is 12.3 Å². The molecule has 0 aromatic rings.